The van der Waals surface area contributed by atoms with Gasteiger partial charge in [-0.25, -0.2) is 9.07 Å². The Morgan fingerprint density at radius 3 is 2.62 bits per heavy atom. The number of anilines is 1. The van der Waals surface area contributed by atoms with Crippen LogP contribution >= 0.6 is 0 Å². The van der Waals surface area contributed by atoms with Crippen LogP contribution in [0.5, 0.6) is 0 Å². The molecule has 4 heteroatoms. The number of hydrogen-bond donors (Lipinski definition) is 1. The van der Waals surface area contributed by atoms with E-state index in [4.69, 9.17) is 5.73 Å². The number of rotatable bonds is 2. The highest BCUT2D eigenvalue weighted by atomic mass is 19.1. The number of halogens is 1. The molecule has 0 fully saturated rings. The van der Waals surface area contributed by atoms with E-state index in [0.29, 0.717) is 16.9 Å². The van der Waals surface area contributed by atoms with Crippen LogP contribution in [0.4, 0.5) is 10.1 Å². The summed E-state index contributed by atoms with van der Waals surface area (Å²) in [5.41, 5.74) is 10.5. The minimum Gasteiger partial charge on any atom is -0.396 e. The second kappa shape index (κ2) is 5.05. The lowest BCUT2D eigenvalue weighted by Gasteiger charge is -2.06. The topological polar surface area (TPSA) is 43.8 Å². The van der Waals surface area contributed by atoms with Gasteiger partial charge in [0.25, 0.3) is 0 Å². The van der Waals surface area contributed by atoms with E-state index in [1.807, 2.05) is 32.0 Å². The third-order valence-electron chi connectivity index (χ3n) is 3.48. The number of aryl methyl sites for hydroxylation is 2. The summed E-state index contributed by atoms with van der Waals surface area (Å²) >= 11 is 0. The van der Waals surface area contributed by atoms with Crippen molar-refractivity contribution in [2.75, 3.05) is 5.73 Å². The maximum Gasteiger partial charge on any atom is 0.132 e. The lowest BCUT2D eigenvalue weighted by Crippen LogP contribution is -1.98. The number of nitrogens with two attached hydrogens (primary N) is 1. The van der Waals surface area contributed by atoms with E-state index in [0.717, 1.165) is 16.8 Å². The summed E-state index contributed by atoms with van der Waals surface area (Å²) in [6.45, 7) is 4.03. The molecule has 21 heavy (non-hydrogen) atoms. The van der Waals surface area contributed by atoms with Crippen molar-refractivity contribution >= 4 is 5.69 Å². The summed E-state index contributed by atoms with van der Waals surface area (Å²) in [7, 11) is 0. The molecular formula is C17H16FN3. The standard InChI is InChI=1S/C17H16FN3/c1-11-7-8-12(2)16(9-11)21-10-15(19)17(20-21)13-5-3-4-6-14(13)18/h3-10H,19H2,1-2H3. The third kappa shape index (κ3) is 2.40. The molecule has 0 saturated carbocycles. The Bertz CT molecular complexity index is 806. The number of benzene rings is 2. The minimum atomic E-state index is -0.324. The van der Waals surface area contributed by atoms with Gasteiger partial charge in [-0.15, -0.1) is 0 Å². The average Bonchev–Trinajstić information content (AvgIpc) is 2.84. The zero-order valence-electron chi connectivity index (χ0n) is 12.0. The summed E-state index contributed by atoms with van der Waals surface area (Å²) < 4.78 is 15.6. The van der Waals surface area contributed by atoms with Crippen molar-refractivity contribution in [2.24, 2.45) is 0 Å². The minimum absolute atomic E-state index is 0.324. The quantitative estimate of drug-likeness (QED) is 0.774. The Morgan fingerprint density at radius 1 is 1.10 bits per heavy atom. The first-order valence-electron chi connectivity index (χ1n) is 6.74. The highest BCUT2D eigenvalue weighted by molar-refractivity contribution is 5.73. The van der Waals surface area contributed by atoms with E-state index in [9.17, 15) is 4.39 Å². The van der Waals surface area contributed by atoms with Crippen molar-refractivity contribution in [3.8, 4) is 16.9 Å². The van der Waals surface area contributed by atoms with E-state index < -0.39 is 0 Å². The molecule has 1 aromatic heterocycles. The Kier molecular flexibility index (Phi) is 3.22. The summed E-state index contributed by atoms with van der Waals surface area (Å²) in [5.74, 6) is -0.324. The fourth-order valence-corrected chi connectivity index (χ4v) is 2.34. The SMILES string of the molecule is Cc1ccc(C)c(-n2cc(N)c(-c3ccccc3F)n2)c1. The molecule has 0 atom stereocenters. The van der Waals surface area contributed by atoms with Crippen molar-refractivity contribution in [1.29, 1.82) is 0 Å². The number of aromatic nitrogens is 2. The summed E-state index contributed by atoms with van der Waals surface area (Å²) in [5, 5.41) is 4.46. The molecule has 0 saturated heterocycles. The van der Waals surface area contributed by atoms with E-state index in [1.165, 1.54) is 6.07 Å². The molecular weight excluding hydrogens is 265 g/mol. The van der Waals surface area contributed by atoms with E-state index >= 15 is 0 Å². The Labute approximate surface area is 122 Å². The van der Waals surface area contributed by atoms with Crippen molar-refractivity contribution in [1.82, 2.24) is 9.78 Å². The van der Waals surface area contributed by atoms with Gasteiger partial charge in [0.1, 0.15) is 11.5 Å². The molecule has 0 aliphatic rings. The molecule has 0 spiro atoms. The van der Waals surface area contributed by atoms with E-state index in [2.05, 4.69) is 5.10 Å². The fourth-order valence-electron chi connectivity index (χ4n) is 2.34. The normalized spacial score (nSPS) is 10.8. The molecule has 2 aromatic carbocycles. The van der Waals surface area contributed by atoms with Gasteiger partial charge in [0, 0.05) is 5.56 Å². The lowest BCUT2D eigenvalue weighted by molar-refractivity contribution is 0.630. The van der Waals surface area contributed by atoms with Crippen LogP contribution in [0.2, 0.25) is 0 Å². The second-order valence-corrected chi connectivity index (χ2v) is 5.15. The first kappa shape index (κ1) is 13.4. The molecule has 0 amide bonds. The van der Waals surface area contributed by atoms with Gasteiger partial charge in [-0.3, -0.25) is 0 Å². The van der Waals surface area contributed by atoms with Crippen LogP contribution in [-0.2, 0) is 0 Å². The first-order valence-corrected chi connectivity index (χ1v) is 6.74. The lowest BCUT2D eigenvalue weighted by atomic mass is 10.1. The van der Waals surface area contributed by atoms with Crippen LogP contribution in [-0.4, -0.2) is 9.78 Å². The van der Waals surface area contributed by atoms with Crippen molar-refractivity contribution in [3.05, 3.63) is 65.6 Å². The van der Waals surface area contributed by atoms with Crippen LogP contribution in [0.25, 0.3) is 16.9 Å². The van der Waals surface area contributed by atoms with Crippen LogP contribution in [0.3, 0.4) is 0 Å². The van der Waals surface area contributed by atoms with Crippen LogP contribution in [0, 0.1) is 19.7 Å². The predicted octanol–water partition coefficient (Wildman–Crippen LogP) is 3.88. The summed E-state index contributed by atoms with van der Waals surface area (Å²) in [4.78, 5) is 0. The predicted molar refractivity (Wildman–Crippen MR) is 82.8 cm³/mol. The Hall–Kier alpha value is -2.62. The van der Waals surface area contributed by atoms with Crippen LogP contribution in [0.15, 0.2) is 48.7 Å². The summed E-state index contributed by atoms with van der Waals surface area (Å²) in [6.07, 6.45) is 1.73. The number of nitrogen functional groups attached to an aromatic ring is 1. The first-order chi connectivity index (χ1) is 10.1. The third-order valence-corrected chi connectivity index (χ3v) is 3.48. The summed E-state index contributed by atoms with van der Waals surface area (Å²) in [6, 6.07) is 12.6. The maximum absolute atomic E-state index is 13.9. The molecule has 0 bridgehead atoms. The van der Waals surface area contributed by atoms with Gasteiger partial charge < -0.3 is 5.73 Å². The molecule has 0 aliphatic heterocycles. The maximum atomic E-state index is 13.9. The number of nitrogens with zero attached hydrogens (tertiary/aromatic N) is 2. The molecule has 0 aliphatic carbocycles. The van der Waals surface area contributed by atoms with Gasteiger partial charge in [0.05, 0.1) is 17.6 Å². The average molecular weight is 281 g/mol. The number of hydrogen-bond acceptors (Lipinski definition) is 2. The molecule has 3 rings (SSSR count). The van der Waals surface area contributed by atoms with Crippen molar-refractivity contribution in [3.63, 3.8) is 0 Å². The van der Waals surface area contributed by atoms with Gasteiger partial charge in [0.2, 0.25) is 0 Å². The smallest absolute Gasteiger partial charge is 0.132 e. The monoisotopic (exact) mass is 281 g/mol. The van der Waals surface area contributed by atoms with Gasteiger partial charge in [-0.1, -0.05) is 24.3 Å². The largest absolute Gasteiger partial charge is 0.396 e. The van der Waals surface area contributed by atoms with Crippen molar-refractivity contribution < 1.29 is 4.39 Å². The highest BCUT2D eigenvalue weighted by Gasteiger charge is 2.14. The molecule has 0 unspecified atom stereocenters. The van der Waals surface area contributed by atoms with Gasteiger partial charge in [0.15, 0.2) is 0 Å². The molecule has 3 aromatic rings. The van der Waals surface area contributed by atoms with Gasteiger partial charge in [-0.05, 0) is 43.2 Å². The zero-order chi connectivity index (χ0) is 15.0. The fraction of sp³-hybridized carbons (Fsp3) is 0.118. The molecule has 0 radical (unpaired) electrons. The Balaban J connectivity index is 2.14. The second-order valence-electron chi connectivity index (χ2n) is 5.15. The van der Waals surface area contributed by atoms with Gasteiger partial charge >= 0.3 is 0 Å². The van der Waals surface area contributed by atoms with Crippen LogP contribution < -0.4 is 5.73 Å². The zero-order valence-corrected chi connectivity index (χ0v) is 12.0. The van der Waals surface area contributed by atoms with E-state index in [1.54, 1.807) is 29.1 Å². The molecule has 106 valence electrons. The molecule has 2 N–H and O–H groups in total. The van der Waals surface area contributed by atoms with Crippen molar-refractivity contribution in [2.45, 2.75) is 13.8 Å². The van der Waals surface area contributed by atoms with Gasteiger partial charge in [-0.2, -0.15) is 5.10 Å². The Morgan fingerprint density at radius 2 is 1.86 bits per heavy atom. The van der Waals surface area contributed by atoms with E-state index in [-0.39, 0.29) is 5.82 Å². The molecule has 3 nitrogen and oxygen atoms in total. The molecule has 1 heterocycles. The van der Waals surface area contributed by atoms with Crippen LogP contribution in [0.1, 0.15) is 11.1 Å². The highest BCUT2D eigenvalue weighted by Crippen LogP contribution is 2.28.